The van der Waals surface area contributed by atoms with Crippen LogP contribution < -0.4 is 10.6 Å². The Hall–Kier alpha value is -1.84. The van der Waals surface area contributed by atoms with Crippen molar-refractivity contribution in [1.29, 1.82) is 0 Å². The Morgan fingerprint density at radius 2 is 2.16 bits per heavy atom. The van der Waals surface area contributed by atoms with Gasteiger partial charge in [0.2, 0.25) is 11.8 Å². The lowest BCUT2D eigenvalue weighted by Crippen LogP contribution is -2.49. The predicted molar refractivity (Wildman–Crippen MR) is 73.6 cm³/mol. The lowest BCUT2D eigenvalue weighted by Gasteiger charge is -2.23. The third-order valence-corrected chi connectivity index (χ3v) is 3.50. The van der Waals surface area contributed by atoms with E-state index in [1.807, 2.05) is 18.2 Å². The van der Waals surface area contributed by atoms with Crippen molar-refractivity contribution in [3.8, 4) is 0 Å². The standard InChI is InChI=1S/C15H20N2O2/c1-11(12-6-3-2-4-7-12)10-16-15(19)13-8-5-9-14(18)17-13/h2-4,6-7,11,13H,5,8-10H2,1H3,(H,16,19)(H,17,18)/t11-,13+/m0/s1. The SMILES string of the molecule is C[C@@H](CNC(=O)[C@H]1CCCC(=O)N1)c1ccccc1. The molecule has 2 N–H and O–H groups in total. The van der Waals surface area contributed by atoms with Crippen LogP contribution >= 0.6 is 0 Å². The molecule has 0 spiro atoms. The van der Waals surface area contributed by atoms with Crippen LogP contribution in [-0.4, -0.2) is 24.4 Å². The molecule has 2 atom stereocenters. The molecule has 2 amide bonds. The van der Waals surface area contributed by atoms with Crippen molar-refractivity contribution in [2.75, 3.05) is 6.54 Å². The fourth-order valence-corrected chi connectivity index (χ4v) is 2.28. The first-order chi connectivity index (χ1) is 9.16. The first-order valence-corrected chi connectivity index (χ1v) is 6.79. The molecule has 2 rings (SSSR count). The van der Waals surface area contributed by atoms with Crippen molar-refractivity contribution in [3.05, 3.63) is 35.9 Å². The Morgan fingerprint density at radius 1 is 1.42 bits per heavy atom. The van der Waals surface area contributed by atoms with E-state index in [1.54, 1.807) is 0 Å². The van der Waals surface area contributed by atoms with E-state index >= 15 is 0 Å². The fourth-order valence-electron chi connectivity index (χ4n) is 2.28. The molecule has 0 radical (unpaired) electrons. The molecule has 1 aromatic rings. The van der Waals surface area contributed by atoms with Gasteiger partial charge in [0, 0.05) is 13.0 Å². The zero-order valence-corrected chi connectivity index (χ0v) is 11.2. The Bertz CT molecular complexity index is 445. The molecule has 19 heavy (non-hydrogen) atoms. The number of nitrogens with one attached hydrogen (secondary N) is 2. The van der Waals surface area contributed by atoms with Gasteiger partial charge < -0.3 is 10.6 Å². The minimum atomic E-state index is -0.357. The van der Waals surface area contributed by atoms with Gasteiger partial charge in [-0.25, -0.2) is 0 Å². The van der Waals surface area contributed by atoms with Crippen molar-refractivity contribution in [3.63, 3.8) is 0 Å². The fraction of sp³-hybridized carbons (Fsp3) is 0.467. The number of hydrogen-bond acceptors (Lipinski definition) is 2. The van der Waals surface area contributed by atoms with E-state index in [0.717, 1.165) is 12.8 Å². The Labute approximate surface area is 113 Å². The van der Waals surface area contributed by atoms with Crippen LogP contribution in [0.5, 0.6) is 0 Å². The van der Waals surface area contributed by atoms with Crippen LogP contribution in [0.2, 0.25) is 0 Å². The van der Waals surface area contributed by atoms with Crippen LogP contribution in [0, 0.1) is 0 Å². The van der Waals surface area contributed by atoms with E-state index < -0.39 is 0 Å². The van der Waals surface area contributed by atoms with Crippen molar-refractivity contribution in [1.82, 2.24) is 10.6 Å². The van der Waals surface area contributed by atoms with Crippen LogP contribution in [0.1, 0.15) is 37.7 Å². The third-order valence-electron chi connectivity index (χ3n) is 3.50. The quantitative estimate of drug-likeness (QED) is 0.863. The minimum absolute atomic E-state index is 0.0255. The van der Waals surface area contributed by atoms with Gasteiger partial charge in [0.05, 0.1) is 0 Å². The van der Waals surface area contributed by atoms with E-state index in [2.05, 4.69) is 29.7 Å². The maximum absolute atomic E-state index is 12.0. The van der Waals surface area contributed by atoms with Gasteiger partial charge in [0.25, 0.3) is 0 Å². The molecule has 0 aliphatic carbocycles. The van der Waals surface area contributed by atoms with Gasteiger partial charge in [-0.3, -0.25) is 9.59 Å². The monoisotopic (exact) mass is 260 g/mol. The van der Waals surface area contributed by atoms with E-state index in [4.69, 9.17) is 0 Å². The van der Waals surface area contributed by atoms with Crippen LogP contribution in [-0.2, 0) is 9.59 Å². The zero-order valence-electron chi connectivity index (χ0n) is 11.2. The maximum atomic E-state index is 12.0. The van der Waals surface area contributed by atoms with Gasteiger partial charge in [-0.1, -0.05) is 37.3 Å². The summed E-state index contributed by atoms with van der Waals surface area (Å²) in [4.78, 5) is 23.2. The number of amides is 2. The molecule has 1 aromatic carbocycles. The first-order valence-electron chi connectivity index (χ1n) is 6.79. The number of carbonyl (C=O) groups excluding carboxylic acids is 2. The summed E-state index contributed by atoms with van der Waals surface area (Å²) < 4.78 is 0. The molecule has 0 aromatic heterocycles. The van der Waals surface area contributed by atoms with Gasteiger partial charge >= 0.3 is 0 Å². The summed E-state index contributed by atoms with van der Waals surface area (Å²) >= 11 is 0. The van der Waals surface area contributed by atoms with Crippen LogP contribution in [0.3, 0.4) is 0 Å². The number of carbonyl (C=O) groups is 2. The molecule has 1 aliphatic rings. The van der Waals surface area contributed by atoms with Crippen LogP contribution in [0.4, 0.5) is 0 Å². The summed E-state index contributed by atoms with van der Waals surface area (Å²) in [6.07, 6.45) is 2.06. The lowest BCUT2D eigenvalue weighted by molar-refractivity contribution is -0.131. The second kappa shape index (κ2) is 6.36. The van der Waals surface area contributed by atoms with Crippen molar-refractivity contribution >= 4 is 11.8 Å². The molecule has 1 saturated heterocycles. The molecule has 4 heteroatoms. The van der Waals surface area contributed by atoms with Crippen LogP contribution in [0.25, 0.3) is 0 Å². The normalized spacial score (nSPS) is 20.5. The highest BCUT2D eigenvalue weighted by molar-refractivity contribution is 5.88. The second-order valence-corrected chi connectivity index (χ2v) is 5.07. The highest BCUT2D eigenvalue weighted by Crippen LogP contribution is 2.13. The average molecular weight is 260 g/mol. The minimum Gasteiger partial charge on any atom is -0.354 e. The molecule has 102 valence electrons. The van der Waals surface area contributed by atoms with E-state index in [9.17, 15) is 9.59 Å². The number of piperidine rings is 1. The van der Waals surface area contributed by atoms with Gasteiger partial charge in [-0.2, -0.15) is 0 Å². The van der Waals surface area contributed by atoms with Crippen molar-refractivity contribution in [2.24, 2.45) is 0 Å². The molecular weight excluding hydrogens is 240 g/mol. The summed E-state index contributed by atoms with van der Waals surface area (Å²) in [5, 5.41) is 5.65. The lowest BCUT2D eigenvalue weighted by atomic mass is 10.0. The van der Waals surface area contributed by atoms with E-state index in [1.165, 1.54) is 5.56 Å². The molecule has 1 fully saturated rings. The summed E-state index contributed by atoms with van der Waals surface area (Å²) in [6.45, 7) is 2.67. The molecular formula is C15H20N2O2. The number of benzene rings is 1. The molecule has 4 nitrogen and oxygen atoms in total. The summed E-state index contributed by atoms with van der Waals surface area (Å²) in [6, 6.07) is 9.72. The first kappa shape index (κ1) is 13.6. The molecule has 0 saturated carbocycles. The summed E-state index contributed by atoms with van der Waals surface area (Å²) in [5.74, 6) is 0.169. The van der Waals surface area contributed by atoms with E-state index in [0.29, 0.717) is 13.0 Å². The number of rotatable bonds is 4. The maximum Gasteiger partial charge on any atom is 0.242 e. The van der Waals surface area contributed by atoms with Crippen LogP contribution in [0.15, 0.2) is 30.3 Å². The largest absolute Gasteiger partial charge is 0.354 e. The highest BCUT2D eigenvalue weighted by atomic mass is 16.2. The van der Waals surface area contributed by atoms with Gasteiger partial charge in [-0.05, 0) is 24.3 Å². The highest BCUT2D eigenvalue weighted by Gasteiger charge is 2.24. The molecule has 0 bridgehead atoms. The Morgan fingerprint density at radius 3 is 2.84 bits per heavy atom. The zero-order chi connectivity index (χ0) is 13.7. The number of hydrogen-bond donors (Lipinski definition) is 2. The topological polar surface area (TPSA) is 58.2 Å². The molecule has 1 aliphatic heterocycles. The second-order valence-electron chi connectivity index (χ2n) is 5.07. The Kier molecular flexibility index (Phi) is 4.55. The van der Waals surface area contributed by atoms with Gasteiger partial charge in [-0.15, -0.1) is 0 Å². The molecule has 0 unspecified atom stereocenters. The average Bonchev–Trinajstić information content (AvgIpc) is 2.45. The van der Waals surface area contributed by atoms with Gasteiger partial charge in [0.1, 0.15) is 6.04 Å². The molecule has 1 heterocycles. The third kappa shape index (κ3) is 3.81. The summed E-state index contributed by atoms with van der Waals surface area (Å²) in [5.41, 5.74) is 1.20. The van der Waals surface area contributed by atoms with Crippen molar-refractivity contribution in [2.45, 2.75) is 38.1 Å². The smallest absolute Gasteiger partial charge is 0.242 e. The Balaban J connectivity index is 1.81. The van der Waals surface area contributed by atoms with Crippen molar-refractivity contribution < 1.29 is 9.59 Å². The predicted octanol–water partition coefficient (Wildman–Crippen LogP) is 1.57. The summed E-state index contributed by atoms with van der Waals surface area (Å²) in [7, 11) is 0. The van der Waals surface area contributed by atoms with Gasteiger partial charge in [0.15, 0.2) is 0 Å². The van der Waals surface area contributed by atoms with E-state index in [-0.39, 0.29) is 23.8 Å².